The zero-order valence-corrected chi connectivity index (χ0v) is 19.5. The summed E-state index contributed by atoms with van der Waals surface area (Å²) in [5, 5.41) is 5.09. The first-order valence-electron chi connectivity index (χ1n) is 12.1. The van der Waals surface area contributed by atoms with Crippen molar-refractivity contribution < 1.29 is 4.42 Å². The summed E-state index contributed by atoms with van der Waals surface area (Å²) in [5.41, 5.74) is 10.5. The second-order valence-electron chi connectivity index (χ2n) is 10.1. The summed E-state index contributed by atoms with van der Waals surface area (Å²) in [6.07, 6.45) is 1.53. The first-order chi connectivity index (χ1) is 17.1. The fourth-order valence-corrected chi connectivity index (χ4v) is 6.39. The lowest BCUT2D eigenvalue weighted by molar-refractivity contribution is 0.602. The van der Waals surface area contributed by atoms with Gasteiger partial charge in [0.25, 0.3) is 0 Å². The number of fused-ring (bicyclic) bond motifs is 9. The van der Waals surface area contributed by atoms with E-state index in [4.69, 9.17) is 4.42 Å². The van der Waals surface area contributed by atoms with Crippen LogP contribution in [0.1, 0.15) is 25.0 Å². The van der Waals surface area contributed by atoms with E-state index in [0.29, 0.717) is 0 Å². The van der Waals surface area contributed by atoms with Gasteiger partial charge in [-0.15, -0.1) is 0 Å². The van der Waals surface area contributed by atoms with Crippen molar-refractivity contribution in [1.29, 1.82) is 0 Å². The van der Waals surface area contributed by atoms with Gasteiger partial charge in [-0.2, -0.15) is 0 Å². The Hall–Kier alpha value is -4.37. The van der Waals surface area contributed by atoms with Crippen molar-refractivity contribution in [3.8, 4) is 16.8 Å². The highest BCUT2D eigenvalue weighted by molar-refractivity contribution is 6.15. The minimum Gasteiger partial charge on any atom is -0.443 e. The molecule has 3 heteroatoms. The number of hydrogen-bond donors (Lipinski definition) is 0. The average molecular weight is 451 g/mol. The van der Waals surface area contributed by atoms with Gasteiger partial charge < -0.3 is 8.98 Å². The van der Waals surface area contributed by atoms with Crippen LogP contribution in [0.15, 0.2) is 102 Å². The van der Waals surface area contributed by atoms with Crippen molar-refractivity contribution in [2.24, 2.45) is 0 Å². The predicted molar refractivity (Wildman–Crippen MR) is 143 cm³/mol. The van der Waals surface area contributed by atoms with Crippen LogP contribution in [0.2, 0.25) is 0 Å². The molecule has 0 fully saturated rings. The first-order valence-corrected chi connectivity index (χ1v) is 12.1. The molecule has 166 valence electrons. The molecule has 35 heavy (non-hydrogen) atoms. The average Bonchev–Trinajstić information content (AvgIpc) is 3.55. The van der Waals surface area contributed by atoms with Gasteiger partial charge in [-0.25, -0.2) is 4.98 Å². The Balaban J connectivity index is 1.56. The summed E-state index contributed by atoms with van der Waals surface area (Å²) in [7, 11) is 0. The van der Waals surface area contributed by atoms with Crippen molar-refractivity contribution in [1.82, 2.24) is 9.55 Å². The van der Waals surface area contributed by atoms with Gasteiger partial charge in [0.15, 0.2) is 12.0 Å². The van der Waals surface area contributed by atoms with E-state index in [1.54, 1.807) is 0 Å². The highest BCUT2D eigenvalue weighted by Gasteiger charge is 2.36. The van der Waals surface area contributed by atoms with Gasteiger partial charge in [-0.05, 0) is 63.4 Å². The third-order valence-electron chi connectivity index (χ3n) is 7.91. The third kappa shape index (κ3) is 2.33. The number of benzene rings is 5. The molecule has 0 unspecified atom stereocenters. The molecular weight excluding hydrogens is 428 g/mol. The van der Waals surface area contributed by atoms with E-state index in [9.17, 15) is 0 Å². The molecule has 0 atom stereocenters. The van der Waals surface area contributed by atoms with E-state index in [0.717, 1.165) is 16.8 Å². The fourth-order valence-electron chi connectivity index (χ4n) is 6.39. The molecule has 0 saturated heterocycles. The molecule has 2 heterocycles. The molecule has 8 rings (SSSR count). The van der Waals surface area contributed by atoms with Crippen molar-refractivity contribution >= 4 is 43.7 Å². The molecule has 0 saturated carbocycles. The molecular formula is C32H22N2O. The molecule has 0 aliphatic heterocycles. The highest BCUT2D eigenvalue weighted by Crippen LogP contribution is 2.52. The van der Waals surface area contributed by atoms with E-state index in [1.165, 1.54) is 61.2 Å². The fraction of sp³-hybridized carbons (Fsp3) is 0.0938. The maximum Gasteiger partial charge on any atom is 0.182 e. The van der Waals surface area contributed by atoms with Gasteiger partial charge in [0, 0.05) is 16.2 Å². The summed E-state index contributed by atoms with van der Waals surface area (Å²) in [6.45, 7) is 4.71. The standard InChI is InChI=1S/C32H22N2O/c1-32(2)25-10-5-3-8-20(25)22-15-14-19-16-24-21-9-4-6-11-26(21)34(28(24)17-23(19)30(22)32)27-12-7-13-29-31(27)33-18-35-29/h3-18H,1-2H3. The minimum atomic E-state index is -0.0674. The minimum absolute atomic E-state index is 0.0674. The van der Waals surface area contributed by atoms with Crippen LogP contribution < -0.4 is 0 Å². The number of aromatic nitrogens is 2. The van der Waals surface area contributed by atoms with E-state index >= 15 is 0 Å². The Morgan fingerprint density at radius 3 is 2.51 bits per heavy atom. The van der Waals surface area contributed by atoms with Crippen molar-refractivity contribution in [2.75, 3.05) is 0 Å². The Morgan fingerprint density at radius 1 is 0.714 bits per heavy atom. The van der Waals surface area contributed by atoms with Gasteiger partial charge in [-0.1, -0.05) is 74.5 Å². The summed E-state index contributed by atoms with van der Waals surface area (Å²) >= 11 is 0. The van der Waals surface area contributed by atoms with Gasteiger partial charge >= 0.3 is 0 Å². The molecule has 2 aromatic heterocycles. The second-order valence-corrected chi connectivity index (χ2v) is 10.1. The number of para-hydroxylation sites is 2. The topological polar surface area (TPSA) is 31.0 Å². The summed E-state index contributed by atoms with van der Waals surface area (Å²) in [6, 6.07) is 33.0. The Kier molecular flexibility index (Phi) is 3.47. The highest BCUT2D eigenvalue weighted by atomic mass is 16.3. The maximum atomic E-state index is 5.65. The van der Waals surface area contributed by atoms with Crippen molar-refractivity contribution in [3.05, 3.63) is 109 Å². The third-order valence-corrected chi connectivity index (χ3v) is 7.91. The van der Waals surface area contributed by atoms with E-state index < -0.39 is 0 Å². The lowest BCUT2D eigenvalue weighted by Crippen LogP contribution is -2.15. The molecule has 5 aromatic carbocycles. The summed E-state index contributed by atoms with van der Waals surface area (Å²) < 4.78 is 8.00. The van der Waals surface area contributed by atoms with Crippen LogP contribution in [0.25, 0.3) is 60.5 Å². The van der Waals surface area contributed by atoms with Crippen LogP contribution in [0.3, 0.4) is 0 Å². The smallest absolute Gasteiger partial charge is 0.182 e. The quantitative estimate of drug-likeness (QED) is 0.251. The van der Waals surface area contributed by atoms with E-state index in [1.807, 2.05) is 12.1 Å². The monoisotopic (exact) mass is 450 g/mol. The lowest BCUT2D eigenvalue weighted by Gasteiger charge is -2.23. The van der Waals surface area contributed by atoms with Gasteiger partial charge in [0.1, 0.15) is 5.52 Å². The van der Waals surface area contributed by atoms with Gasteiger partial charge in [0.2, 0.25) is 0 Å². The van der Waals surface area contributed by atoms with E-state index in [2.05, 4.69) is 102 Å². The normalized spacial score (nSPS) is 14.2. The number of nitrogens with zero attached hydrogens (tertiary/aromatic N) is 2. The summed E-state index contributed by atoms with van der Waals surface area (Å²) in [4.78, 5) is 4.57. The first kappa shape index (κ1) is 19.0. The molecule has 1 aliphatic rings. The van der Waals surface area contributed by atoms with E-state index in [-0.39, 0.29) is 5.41 Å². The molecule has 3 nitrogen and oxygen atoms in total. The number of rotatable bonds is 1. The molecule has 0 spiro atoms. The van der Waals surface area contributed by atoms with Crippen molar-refractivity contribution in [2.45, 2.75) is 19.3 Å². The summed E-state index contributed by atoms with van der Waals surface area (Å²) in [5.74, 6) is 0. The number of oxazole rings is 1. The molecule has 1 aliphatic carbocycles. The van der Waals surface area contributed by atoms with Crippen LogP contribution in [0.5, 0.6) is 0 Å². The molecule has 0 radical (unpaired) electrons. The maximum absolute atomic E-state index is 5.65. The SMILES string of the molecule is CC1(C)c2ccccc2-c2ccc3cc4c5ccccc5n(-c5cccc6ocnc56)c4cc3c21. The number of hydrogen-bond acceptors (Lipinski definition) is 2. The zero-order valence-electron chi connectivity index (χ0n) is 19.5. The molecule has 0 N–H and O–H groups in total. The Morgan fingerprint density at radius 2 is 1.57 bits per heavy atom. The van der Waals surface area contributed by atoms with Gasteiger partial charge in [0.05, 0.1) is 16.7 Å². The lowest BCUT2D eigenvalue weighted by atomic mass is 9.80. The Bertz CT molecular complexity index is 1990. The van der Waals surface area contributed by atoms with Crippen LogP contribution in [0, 0.1) is 0 Å². The van der Waals surface area contributed by atoms with Crippen LogP contribution >= 0.6 is 0 Å². The second kappa shape index (κ2) is 6.39. The largest absolute Gasteiger partial charge is 0.443 e. The van der Waals surface area contributed by atoms with Crippen LogP contribution in [-0.2, 0) is 5.41 Å². The molecule has 0 amide bonds. The molecule has 0 bridgehead atoms. The zero-order chi connectivity index (χ0) is 23.3. The Labute approximate surface area is 202 Å². The van der Waals surface area contributed by atoms with Crippen LogP contribution in [-0.4, -0.2) is 9.55 Å². The van der Waals surface area contributed by atoms with Gasteiger partial charge in [-0.3, -0.25) is 0 Å². The molecule has 7 aromatic rings. The van der Waals surface area contributed by atoms with Crippen LogP contribution in [0.4, 0.5) is 0 Å². The predicted octanol–water partition coefficient (Wildman–Crippen LogP) is 8.38. The van der Waals surface area contributed by atoms with Crippen molar-refractivity contribution in [3.63, 3.8) is 0 Å².